The van der Waals surface area contributed by atoms with Crippen molar-refractivity contribution in [2.24, 2.45) is 0 Å². The minimum atomic E-state index is -3.71. The Bertz CT molecular complexity index is 1170. The van der Waals surface area contributed by atoms with Crippen LogP contribution in [-0.2, 0) is 14.8 Å². The first-order chi connectivity index (χ1) is 15.3. The molecule has 2 aromatic carbocycles. The lowest BCUT2D eigenvalue weighted by Crippen LogP contribution is -2.50. The number of hydrogen-bond acceptors (Lipinski definition) is 7. The molecule has 172 valence electrons. The van der Waals surface area contributed by atoms with Crippen LogP contribution in [0.5, 0.6) is 0 Å². The number of benzene rings is 2. The molecule has 2 heterocycles. The molecule has 1 amide bonds. The number of piperazine rings is 1. The fraction of sp³-hybridized carbons (Fsp3) is 0.238. The second-order valence-corrected chi connectivity index (χ2v) is 9.78. The number of nitrogens with zero attached hydrogens (tertiary/aromatic N) is 3. The molecule has 0 aliphatic carbocycles. The maximum atomic E-state index is 13.1. The Balaban J connectivity index is 0.00000204. The van der Waals surface area contributed by atoms with E-state index in [-0.39, 0.29) is 7.75 Å². The van der Waals surface area contributed by atoms with E-state index in [0.29, 0.717) is 36.9 Å². The number of nitrogens with one attached hydrogen (secondary N) is 1. The Labute approximate surface area is 192 Å². The summed E-state index contributed by atoms with van der Waals surface area (Å²) in [7, 11) is -3.71. The quantitative estimate of drug-likeness (QED) is 0.562. The van der Waals surface area contributed by atoms with Crippen LogP contribution in [0.4, 0.5) is 15.2 Å². The van der Waals surface area contributed by atoms with Crippen molar-refractivity contribution in [3.05, 3.63) is 71.5 Å². The maximum Gasteiger partial charge on any atom is 0.263 e. The average molecular weight is 481 g/mol. The summed E-state index contributed by atoms with van der Waals surface area (Å²) >= 11 is 1.20. The maximum absolute atomic E-state index is 13.1. The third kappa shape index (κ3) is 4.90. The third-order valence-electron chi connectivity index (χ3n) is 5.18. The number of sulfonamides is 1. The fourth-order valence-electron chi connectivity index (χ4n) is 3.43. The highest BCUT2D eigenvalue weighted by molar-refractivity contribution is 7.93. The minimum Gasteiger partial charge on any atom is -0.378 e. The molecule has 1 aromatic heterocycles. The van der Waals surface area contributed by atoms with Gasteiger partial charge in [-0.2, -0.15) is 0 Å². The van der Waals surface area contributed by atoms with Gasteiger partial charge in [0.1, 0.15) is 5.82 Å². The first kappa shape index (κ1) is 22.2. The third-order valence-corrected chi connectivity index (χ3v) is 7.35. The molecule has 0 bridgehead atoms. The van der Waals surface area contributed by atoms with Crippen LogP contribution in [-0.4, -0.2) is 55.5 Å². The number of thiazole rings is 1. The normalized spacial score (nSPS) is 15.4. The molecule has 1 saturated heterocycles. The van der Waals surface area contributed by atoms with Gasteiger partial charge in [0, 0.05) is 46.3 Å². The molecule has 1 fully saturated rings. The SMILES string of the molecule is O=C(C(O)c1ccc(F)cc1)N1CCN(c2ccc(S(=O)(=O)Nc3nccs3)cc2)CC1.[HH].[HH]. The Morgan fingerprint density at radius 3 is 2.34 bits per heavy atom. The Kier molecular flexibility index (Phi) is 6.40. The summed E-state index contributed by atoms with van der Waals surface area (Å²) in [6.45, 7) is 1.88. The van der Waals surface area contributed by atoms with Gasteiger partial charge in [-0.15, -0.1) is 11.3 Å². The van der Waals surface area contributed by atoms with Gasteiger partial charge < -0.3 is 14.9 Å². The van der Waals surface area contributed by atoms with Crippen LogP contribution in [0.25, 0.3) is 0 Å². The molecule has 0 spiro atoms. The molecular formula is C21H25FN4O4S2. The lowest BCUT2D eigenvalue weighted by atomic mass is 10.1. The Morgan fingerprint density at radius 1 is 1.09 bits per heavy atom. The molecule has 32 heavy (non-hydrogen) atoms. The van der Waals surface area contributed by atoms with E-state index in [2.05, 4.69) is 9.71 Å². The number of aliphatic hydroxyl groups excluding tert-OH is 1. The van der Waals surface area contributed by atoms with Crippen molar-refractivity contribution in [1.29, 1.82) is 0 Å². The highest BCUT2D eigenvalue weighted by Crippen LogP contribution is 2.23. The topological polar surface area (TPSA) is 103 Å². The van der Waals surface area contributed by atoms with Gasteiger partial charge in [0.25, 0.3) is 15.9 Å². The fourth-order valence-corrected chi connectivity index (χ4v) is 5.22. The van der Waals surface area contributed by atoms with E-state index in [4.69, 9.17) is 0 Å². The van der Waals surface area contributed by atoms with E-state index < -0.39 is 27.9 Å². The van der Waals surface area contributed by atoms with Crippen molar-refractivity contribution in [3.8, 4) is 0 Å². The van der Waals surface area contributed by atoms with Crippen LogP contribution in [0, 0.1) is 5.82 Å². The van der Waals surface area contributed by atoms with Gasteiger partial charge >= 0.3 is 0 Å². The van der Waals surface area contributed by atoms with E-state index >= 15 is 0 Å². The number of halogens is 1. The monoisotopic (exact) mass is 480 g/mol. The first-order valence-corrected chi connectivity index (χ1v) is 12.2. The van der Waals surface area contributed by atoms with Crippen LogP contribution in [0.15, 0.2) is 65.0 Å². The summed E-state index contributed by atoms with van der Waals surface area (Å²) in [4.78, 5) is 20.3. The molecular weight excluding hydrogens is 455 g/mol. The van der Waals surface area contributed by atoms with E-state index in [1.807, 2.05) is 4.90 Å². The van der Waals surface area contributed by atoms with Crippen molar-refractivity contribution in [2.75, 3.05) is 35.8 Å². The van der Waals surface area contributed by atoms with Crippen LogP contribution >= 0.6 is 11.3 Å². The molecule has 0 radical (unpaired) electrons. The molecule has 1 aliphatic heterocycles. The van der Waals surface area contributed by atoms with E-state index in [0.717, 1.165) is 5.69 Å². The van der Waals surface area contributed by atoms with Crippen molar-refractivity contribution in [3.63, 3.8) is 0 Å². The zero-order chi connectivity index (χ0) is 22.7. The highest BCUT2D eigenvalue weighted by Gasteiger charge is 2.27. The van der Waals surface area contributed by atoms with E-state index in [1.165, 1.54) is 53.9 Å². The van der Waals surface area contributed by atoms with Crippen molar-refractivity contribution >= 4 is 38.1 Å². The van der Waals surface area contributed by atoms with Crippen molar-refractivity contribution < 1.29 is 25.6 Å². The summed E-state index contributed by atoms with van der Waals surface area (Å²) in [6.07, 6.45) is 0.186. The zero-order valence-electron chi connectivity index (χ0n) is 16.9. The number of rotatable bonds is 6. The molecule has 2 N–H and O–H groups in total. The number of aliphatic hydroxyl groups is 1. The van der Waals surface area contributed by atoms with E-state index in [1.54, 1.807) is 22.4 Å². The van der Waals surface area contributed by atoms with Crippen molar-refractivity contribution in [2.45, 2.75) is 11.0 Å². The first-order valence-electron chi connectivity index (χ1n) is 9.83. The van der Waals surface area contributed by atoms with Gasteiger partial charge in [-0.1, -0.05) is 12.1 Å². The summed E-state index contributed by atoms with van der Waals surface area (Å²) < 4.78 is 40.4. The lowest BCUT2D eigenvalue weighted by molar-refractivity contribution is -0.140. The summed E-state index contributed by atoms with van der Waals surface area (Å²) in [5, 5.41) is 12.3. The number of carbonyl (C=O) groups excluding carboxylic acids is 1. The largest absolute Gasteiger partial charge is 0.378 e. The van der Waals surface area contributed by atoms with Crippen LogP contribution in [0.1, 0.15) is 14.5 Å². The summed E-state index contributed by atoms with van der Waals surface area (Å²) in [5.74, 6) is -0.856. The average Bonchev–Trinajstić information content (AvgIpc) is 3.31. The predicted octanol–water partition coefficient (Wildman–Crippen LogP) is 2.96. The van der Waals surface area contributed by atoms with Gasteiger partial charge in [-0.3, -0.25) is 9.52 Å². The van der Waals surface area contributed by atoms with Crippen LogP contribution in [0.2, 0.25) is 0 Å². The Hall–Kier alpha value is -3.02. The number of hydrogen-bond donors (Lipinski definition) is 2. The Morgan fingerprint density at radius 2 is 1.75 bits per heavy atom. The molecule has 4 rings (SSSR count). The number of aromatic nitrogens is 1. The van der Waals surface area contributed by atoms with Gasteiger partial charge in [0.05, 0.1) is 4.90 Å². The summed E-state index contributed by atoms with van der Waals surface area (Å²) in [6, 6.07) is 11.7. The standard InChI is InChI=1S/C21H21FN4O4S2.2H2/c22-16-3-1-15(2-4-16)19(27)20(28)26-12-10-25(11-13-26)17-5-7-18(8-6-17)32(29,30)24-21-23-9-14-31-21;;/h1-9,14,19,27H,10-13H2,(H,23,24);2*1H. The highest BCUT2D eigenvalue weighted by atomic mass is 32.2. The zero-order valence-corrected chi connectivity index (χ0v) is 18.5. The van der Waals surface area contributed by atoms with Gasteiger partial charge in [0.2, 0.25) is 0 Å². The molecule has 1 unspecified atom stereocenters. The molecule has 1 aliphatic rings. The number of carbonyl (C=O) groups is 1. The van der Waals surface area contributed by atoms with Crippen molar-refractivity contribution in [1.82, 2.24) is 9.88 Å². The second kappa shape index (κ2) is 9.23. The second-order valence-electron chi connectivity index (χ2n) is 7.20. The predicted molar refractivity (Wildman–Crippen MR) is 124 cm³/mol. The lowest BCUT2D eigenvalue weighted by Gasteiger charge is -2.37. The molecule has 8 nitrogen and oxygen atoms in total. The van der Waals surface area contributed by atoms with Crippen LogP contribution < -0.4 is 9.62 Å². The molecule has 0 saturated carbocycles. The smallest absolute Gasteiger partial charge is 0.263 e. The van der Waals surface area contributed by atoms with Gasteiger partial charge in [-0.25, -0.2) is 17.8 Å². The number of anilines is 2. The minimum absolute atomic E-state index is 0. The molecule has 1 atom stereocenters. The summed E-state index contributed by atoms with van der Waals surface area (Å²) in [5.41, 5.74) is 1.19. The van der Waals surface area contributed by atoms with Gasteiger partial charge in [-0.05, 0) is 42.0 Å². The van der Waals surface area contributed by atoms with Crippen LogP contribution in [0.3, 0.4) is 0 Å². The molecule has 3 aromatic rings. The van der Waals surface area contributed by atoms with E-state index in [9.17, 15) is 22.7 Å². The number of amides is 1. The molecule has 11 heteroatoms. The van der Waals surface area contributed by atoms with Gasteiger partial charge in [0.15, 0.2) is 11.2 Å².